The van der Waals surface area contributed by atoms with Crippen molar-refractivity contribution in [2.75, 3.05) is 26.2 Å². The largest absolute Gasteiger partial charge is 0.351 e. The number of hydrogen-bond donors (Lipinski definition) is 0. The Morgan fingerprint density at radius 3 is 2.26 bits per heavy atom. The lowest BCUT2D eigenvalue weighted by Gasteiger charge is -2.34. The van der Waals surface area contributed by atoms with Crippen LogP contribution in [0, 0.1) is 5.82 Å². The van der Waals surface area contributed by atoms with E-state index in [1.54, 1.807) is 4.90 Å². The molecule has 0 unspecified atom stereocenters. The molecule has 0 atom stereocenters. The Bertz CT molecular complexity index is 1200. The Morgan fingerprint density at radius 2 is 1.61 bits per heavy atom. The van der Waals surface area contributed by atoms with E-state index in [1.807, 2.05) is 18.2 Å². The molecule has 0 aliphatic carbocycles. The van der Waals surface area contributed by atoms with E-state index in [0.717, 1.165) is 15.8 Å². The molecule has 1 amide bonds. The molecule has 8 nitrogen and oxygen atoms in total. The highest BCUT2D eigenvalue weighted by Crippen LogP contribution is 2.10. The third kappa shape index (κ3) is 4.31. The zero-order chi connectivity index (χ0) is 22.0. The second kappa shape index (κ2) is 8.65. The van der Waals surface area contributed by atoms with Gasteiger partial charge < -0.3 is 4.90 Å². The van der Waals surface area contributed by atoms with Gasteiger partial charge in [-0.05, 0) is 29.8 Å². The molecule has 9 heteroatoms. The van der Waals surface area contributed by atoms with E-state index in [9.17, 15) is 18.8 Å². The van der Waals surface area contributed by atoms with Gasteiger partial charge in [0.2, 0.25) is 5.69 Å². The molecule has 4 rings (SSSR count). The number of nitrogens with zero attached hydrogens (tertiary/aromatic N) is 5. The third-order valence-corrected chi connectivity index (χ3v) is 5.36. The smallest absolute Gasteiger partial charge is 0.335 e. The monoisotopic (exact) mass is 423 g/mol. The number of carbonyl (C=O) groups excluding carboxylic acids is 1. The summed E-state index contributed by atoms with van der Waals surface area (Å²) in [6.07, 6.45) is 0. The van der Waals surface area contributed by atoms with E-state index in [-0.39, 0.29) is 11.4 Å². The molecule has 2 aromatic carbocycles. The Morgan fingerprint density at radius 1 is 0.968 bits per heavy atom. The molecular weight excluding hydrogens is 401 g/mol. The Balaban J connectivity index is 1.54. The summed E-state index contributed by atoms with van der Waals surface area (Å²) < 4.78 is 15.0. The second-order valence-corrected chi connectivity index (χ2v) is 7.44. The topological polar surface area (TPSA) is 80.4 Å². The first kappa shape index (κ1) is 20.7. The molecule has 0 saturated carbocycles. The summed E-state index contributed by atoms with van der Waals surface area (Å²) in [7, 11) is 1.29. The van der Waals surface area contributed by atoms with Crippen LogP contribution in [0.2, 0.25) is 0 Å². The van der Waals surface area contributed by atoms with Crippen LogP contribution in [0.5, 0.6) is 0 Å². The van der Waals surface area contributed by atoms with Crippen molar-refractivity contribution in [1.29, 1.82) is 0 Å². The lowest BCUT2D eigenvalue weighted by molar-refractivity contribution is 0.0617. The molecule has 1 aromatic heterocycles. The van der Waals surface area contributed by atoms with Crippen LogP contribution in [0.25, 0.3) is 5.69 Å². The highest BCUT2D eigenvalue weighted by Gasteiger charge is 2.27. The molecule has 0 spiro atoms. The maximum Gasteiger partial charge on any atom is 0.351 e. The predicted molar refractivity (Wildman–Crippen MR) is 113 cm³/mol. The van der Waals surface area contributed by atoms with E-state index >= 15 is 0 Å². The minimum absolute atomic E-state index is 0.267. The van der Waals surface area contributed by atoms with Crippen molar-refractivity contribution in [3.8, 4) is 5.69 Å². The van der Waals surface area contributed by atoms with Crippen LogP contribution in [-0.2, 0) is 13.6 Å². The first-order valence-electron chi connectivity index (χ1n) is 9.96. The van der Waals surface area contributed by atoms with Crippen molar-refractivity contribution < 1.29 is 9.18 Å². The lowest BCUT2D eigenvalue weighted by atomic mass is 10.2. The highest BCUT2D eigenvalue weighted by molar-refractivity contribution is 5.91. The van der Waals surface area contributed by atoms with E-state index in [2.05, 4.69) is 22.1 Å². The molecule has 0 bridgehead atoms. The van der Waals surface area contributed by atoms with Gasteiger partial charge in [0, 0.05) is 39.8 Å². The summed E-state index contributed by atoms with van der Waals surface area (Å²) in [5.74, 6) is -0.984. The van der Waals surface area contributed by atoms with Gasteiger partial charge >= 0.3 is 5.69 Å². The predicted octanol–water partition coefficient (Wildman–Crippen LogP) is 1.03. The second-order valence-electron chi connectivity index (χ2n) is 7.44. The minimum atomic E-state index is -0.750. The number of amides is 1. The normalized spacial score (nSPS) is 14.6. The number of piperazine rings is 1. The molecule has 31 heavy (non-hydrogen) atoms. The molecule has 1 aliphatic heterocycles. The van der Waals surface area contributed by atoms with E-state index in [0.29, 0.717) is 26.2 Å². The van der Waals surface area contributed by atoms with Crippen molar-refractivity contribution >= 4 is 5.91 Å². The van der Waals surface area contributed by atoms with Crippen LogP contribution in [0.1, 0.15) is 16.1 Å². The molecule has 2 heterocycles. The summed E-state index contributed by atoms with van der Waals surface area (Å²) in [5.41, 5.74) is -0.322. The lowest BCUT2D eigenvalue weighted by Crippen LogP contribution is -2.51. The van der Waals surface area contributed by atoms with Crippen LogP contribution in [0.15, 0.2) is 64.2 Å². The standard InChI is InChI=1S/C22H22FN5O3/c1-25-20(29)19(24-28(22(25)31)18-9-7-17(23)8-10-18)21(30)27-13-11-26(12-14-27)15-16-5-3-2-4-6-16/h2-10H,11-15H2,1H3. The molecule has 3 aromatic rings. The first-order valence-corrected chi connectivity index (χ1v) is 9.96. The Kier molecular flexibility index (Phi) is 5.77. The van der Waals surface area contributed by atoms with Crippen LogP contribution in [0.3, 0.4) is 0 Å². The number of halogens is 1. The average molecular weight is 423 g/mol. The summed E-state index contributed by atoms with van der Waals surface area (Å²) in [6, 6.07) is 15.2. The van der Waals surface area contributed by atoms with Gasteiger partial charge in [0.1, 0.15) is 5.82 Å². The van der Waals surface area contributed by atoms with Gasteiger partial charge in [-0.2, -0.15) is 9.78 Å². The van der Waals surface area contributed by atoms with Gasteiger partial charge in [-0.1, -0.05) is 30.3 Å². The van der Waals surface area contributed by atoms with Gasteiger partial charge in [0.15, 0.2) is 0 Å². The van der Waals surface area contributed by atoms with Gasteiger partial charge in [0.05, 0.1) is 5.69 Å². The fraction of sp³-hybridized carbons (Fsp3) is 0.273. The number of benzene rings is 2. The number of carbonyl (C=O) groups is 1. The van der Waals surface area contributed by atoms with Gasteiger partial charge in [0.25, 0.3) is 11.5 Å². The summed E-state index contributed by atoms with van der Waals surface area (Å²) >= 11 is 0. The van der Waals surface area contributed by atoms with Crippen molar-refractivity contribution in [2.45, 2.75) is 6.54 Å². The SMILES string of the molecule is Cn1c(=O)c(C(=O)N2CCN(Cc3ccccc3)CC2)nn(-c2ccc(F)cc2)c1=O. The summed E-state index contributed by atoms with van der Waals surface area (Å²) in [6.45, 7) is 3.02. The zero-order valence-electron chi connectivity index (χ0n) is 17.1. The summed E-state index contributed by atoms with van der Waals surface area (Å²) in [4.78, 5) is 41.9. The molecule has 160 valence electrons. The molecule has 1 fully saturated rings. The van der Waals surface area contributed by atoms with E-state index in [4.69, 9.17) is 0 Å². The molecule has 1 saturated heterocycles. The molecule has 0 radical (unpaired) electrons. The zero-order valence-corrected chi connectivity index (χ0v) is 17.1. The van der Waals surface area contributed by atoms with Crippen molar-refractivity contribution in [2.24, 2.45) is 7.05 Å². The van der Waals surface area contributed by atoms with Crippen LogP contribution >= 0.6 is 0 Å². The van der Waals surface area contributed by atoms with Crippen molar-refractivity contribution in [3.05, 3.63) is 92.5 Å². The van der Waals surface area contributed by atoms with E-state index < -0.39 is 23.0 Å². The fourth-order valence-electron chi connectivity index (χ4n) is 3.56. The maximum absolute atomic E-state index is 13.2. The number of aromatic nitrogens is 3. The summed E-state index contributed by atoms with van der Waals surface area (Å²) in [5, 5.41) is 4.04. The Hall–Kier alpha value is -3.59. The van der Waals surface area contributed by atoms with Crippen LogP contribution in [-0.4, -0.2) is 56.2 Å². The Labute approximate surface area is 177 Å². The first-order chi connectivity index (χ1) is 14.9. The third-order valence-electron chi connectivity index (χ3n) is 5.36. The van der Waals surface area contributed by atoms with Gasteiger partial charge in [-0.25, -0.2) is 9.18 Å². The highest BCUT2D eigenvalue weighted by atomic mass is 19.1. The van der Waals surface area contributed by atoms with Gasteiger partial charge in [-0.15, -0.1) is 0 Å². The quantitative estimate of drug-likeness (QED) is 0.626. The molecule has 0 N–H and O–H groups in total. The maximum atomic E-state index is 13.2. The molecule has 1 aliphatic rings. The van der Waals surface area contributed by atoms with Crippen LogP contribution < -0.4 is 11.2 Å². The van der Waals surface area contributed by atoms with Crippen LogP contribution in [0.4, 0.5) is 4.39 Å². The number of hydrogen-bond acceptors (Lipinski definition) is 5. The molecular formula is C22H22FN5O3. The number of rotatable bonds is 4. The van der Waals surface area contributed by atoms with Gasteiger partial charge in [-0.3, -0.25) is 19.1 Å². The van der Waals surface area contributed by atoms with Crippen molar-refractivity contribution in [1.82, 2.24) is 24.1 Å². The average Bonchev–Trinajstić information content (AvgIpc) is 2.79. The minimum Gasteiger partial charge on any atom is -0.335 e. The van der Waals surface area contributed by atoms with Crippen molar-refractivity contribution in [3.63, 3.8) is 0 Å². The fourth-order valence-corrected chi connectivity index (χ4v) is 3.56. The van der Waals surface area contributed by atoms with E-state index in [1.165, 1.54) is 36.9 Å².